The largest absolute Gasteiger partial charge is 0.444 e. The lowest BCUT2D eigenvalue weighted by Crippen LogP contribution is -2.37. The summed E-state index contributed by atoms with van der Waals surface area (Å²) in [5, 5.41) is 0. The van der Waals surface area contributed by atoms with Gasteiger partial charge in [-0.05, 0) is 32.4 Å². The molecule has 0 aliphatic carbocycles. The molecule has 2 aliphatic rings. The van der Waals surface area contributed by atoms with E-state index in [0.717, 1.165) is 37.4 Å². The molecule has 0 unspecified atom stereocenters. The molecule has 2 aliphatic heterocycles. The van der Waals surface area contributed by atoms with Gasteiger partial charge in [0.2, 0.25) is 0 Å². The van der Waals surface area contributed by atoms with E-state index < -0.39 is 5.60 Å². The van der Waals surface area contributed by atoms with E-state index in [1.807, 2.05) is 56.3 Å². The fourth-order valence-corrected chi connectivity index (χ4v) is 4.07. The van der Waals surface area contributed by atoms with E-state index in [1.54, 1.807) is 0 Å². The highest BCUT2D eigenvalue weighted by Gasteiger charge is 2.42. The first kappa shape index (κ1) is 17.8. The first-order valence-corrected chi connectivity index (χ1v) is 9.62. The molecule has 27 heavy (non-hydrogen) atoms. The van der Waals surface area contributed by atoms with Crippen LogP contribution in [0.5, 0.6) is 0 Å². The molecule has 3 heterocycles. The van der Waals surface area contributed by atoms with E-state index in [1.165, 1.54) is 5.56 Å². The summed E-state index contributed by atoms with van der Waals surface area (Å²) >= 11 is 0. The van der Waals surface area contributed by atoms with Crippen LogP contribution in [0.1, 0.15) is 20.8 Å². The molecule has 1 aromatic heterocycles. The van der Waals surface area contributed by atoms with Crippen LogP contribution in [-0.4, -0.2) is 47.8 Å². The van der Waals surface area contributed by atoms with E-state index in [-0.39, 0.29) is 6.09 Å². The maximum absolute atomic E-state index is 12.3. The SMILES string of the molecule is CC(C)(C)OC(=O)N1C[C@@H]2CN(c3cncc(-c4ccccc4)c3)C[C@@H]2C1. The molecule has 0 saturated carbocycles. The fraction of sp³-hybridized carbons (Fsp3) is 0.455. The number of hydrogen-bond donors (Lipinski definition) is 0. The summed E-state index contributed by atoms with van der Waals surface area (Å²) in [4.78, 5) is 21.1. The normalized spacial score (nSPS) is 22.0. The van der Waals surface area contributed by atoms with Crippen molar-refractivity contribution in [3.63, 3.8) is 0 Å². The number of amides is 1. The third kappa shape index (κ3) is 3.92. The zero-order valence-corrected chi connectivity index (χ0v) is 16.3. The molecule has 0 spiro atoms. The van der Waals surface area contributed by atoms with Gasteiger partial charge in [0.15, 0.2) is 0 Å². The number of fused-ring (bicyclic) bond motifs is 1. The Morgan fingerprint density at radius 2 is 1.67 bits per heavy atom. The number of ether oxygens (including phenoxy) is 1. The third-order valence-electron chi connectivity index (χ3n) is 5.33. The molecule has 0 radical (unpaired) electrons. The Hall–Kier alpha value is -2.56. The minimum Gasteiger partial charge on any atom is -0.444 e. The molecule has 1 amide bonds. The van der Waals surface area contributed by atoms with Gasteiger partial charge in [0.05, 0.1) is 11.9 Å². The van der Waals surface area contributed by atoms with Gasteiger partial charge < -0.3 is 14.5 Å². The summed E-state index contributed by atoms with van der Waals surface area (Å²) in [6, 6.07) is 12.6. The lowest BCUT2D eigenvalue weighted by molar-refractivity contribution is 0.0282. The van der Waals surface area contributed by atoms with Crippen molar-refractivity contribution in [2.45, 2.75) is 26.4 Å². The van der Waals surface area contributed by atoms with Crippen LogP contribution in [0.25, 0.3) is 11.1 Å². The van der Waals surface area contributed by atoms with Crippen molar-refractivity contribution >= 4 is 11.8 Å². The van der Waals surface area contributed by atoms with Crippen LogP contribution in [0.4, 0.5) is 10.5 Å². The van der Waals surface area contributed by atoms with Crippen molar-refractivity contribution in [3.05, 3.63) is 48.8 Å². The zero-order chi connectivity index (χ0) is 19.0. The molecular formula is C22H27N3O2. The number of rotatable bonds is 2. The summed E-state index contributed by atoms with van der Waals surface area (Å²) < 4.78 is 5.53. The van der Waals surface area contributed by atoms with E-state index in [0.29, 0.717) is 11.8 Å². The van der Waals surface area contributed by atoms with Gasteiger partial charge in [-0.2, -0.15) is 0 Å². The van der Waals surface area contributed by atoms with Crippen LogP contribution in [-0.2, 0) is 4.74 Å². The number of pyridine rings is 1. The first-order chi connectivity index (χ1) is 12.9. The molecule has 2 fully saturated rings. The highest BCUT2D eigenvalue weighted by molar-refractivity contribution is 5.69. The van der Waals surface area contributed by atoms with Crippen molar-refractivity contribution in [1.82, 2.24) is 9.88 Å². The number of carbonyl (C=O) groups is 1. The van der Waals surface area contributed by atoms with Gasteiger partial charge in [0.25, 0.3) is 0 Å². The van der Waals surface area contributed by atoms with Crippen molar-refractivity contribution in [2.24, 2.45) is 11.8 Å². The predicted octanol–water partition coefficient (Wildman–Crippen LogP) is 4.05. The van der Waals surface area contributed by atoms with Gasteiger partial charge in [-0.1, -0.05) is 30.3 Å². The monoisotopic (exact) mass is 365 g/mol. The first-order valence-electron chi connectivity index (χ1n) is 9.62. The number of carbonyl (C=O) groups excluding carboxylic acids is 1. The fourth-order valence-electron chi connectivity index (χ4n) is 4.07. The van der Waals surface area contributed by atoms with Gasteiger partial charge in [0, 0.05) is 49.8 Å². The van der Waals surface area contributed by atoms with Gasteiger partial charge >= 0.3 is 6.09 Å². The highest BCUT2D eigenvalue weighted by atomic mass is 16.6. The summed E-state index contributed by atoms with van der Waals surface area (Å²) in [5.41, 5.74) is 3.04. The predicted molar refractivity (Wildman–Crippen MR) is 107 cm³/mol. The van der Waals surface area contributed by atoms with E-state index >= 15 is 0 Å². The highest BCUT2D eigenvalue weighted by Crippen LogP contribution is 2.35. The number of aromatic nitrogens is 1. The van der Waals surface area contributed by atoms with Crippen LogP contribution in [0.2, 0.25) is 0 Å². The molecule has 2 aromatic rings. The second-order valence-corrected chi connectivity index (χ2v) is 8.61. The van der Waals surface area contributed by atoms with E-state index in [9.17, 15) is 4.79 Å². The van der Waals surface area contributed by atoms with Crippen molar-refractivity contribution in [1.29, 1.82) is 0 Å². The van der Waals surface area contributed by atoms with E-state index in [4.69, 9.17) is 4.74 Å². The molecule has 5 heteroatoms. The Bertz CT molecular complexity index is 802. The average Bonchev–Trinajstić information content (AvgIpc) is 3.20. The van der Waals surface area contributed by atoms with Gasteiger partial charge in [0.1, 0.15) is 5.60 Å². The Kier molecular flexibility index (Phi) is 4.54. The molecule has 1 aromatic carbocycles. The minimum atomic E-state index is -0.440. The van der Waals surface area contributed by atoms with Crippen molar-refractivity contribution in [2.75, 3.05) is 31.1 Å². The standard InChI is InChI=1S/C22H27N3O2/c1-22(2,3)27-21(26)25-14-18-12-24(13-19(18)15-25)20-9-17(10-23-11-20)16-7-5-4-6-8-16/h4-11,18-19H,12-15H2,1-3H3/t18-,19+. The molecule has 2 atom stereocenters. The molecular weight excluding hydrogens is 338 g/mol. The lowest BCUT2D eigenvalue weighted by Gasteiger charge is -2.26. The van der Waals surface area contributed by atoms with Crippen LogP contribution in [0.15, 0.2) is 48.8 Å². The average molecular weight is 365 g/mol. The molecule has 142 valence electrons. The zero-order valence-electron chi connectivity index (χ0n) is 16.3. The molecule has 0 N–H and O–H groups in total. The summed E-state index contributed by atoms with van der Waals surface area (Å²) in [6.45, 7) is 9.22. The second-order valence-electron chi connectivity index (χ2n) is 8.61. The van der Waals surface area contributed by atoms with Gasteiger partial charge in [-0.25, -0.2) is 4.79 Å². The van der Waals surface area contributed by atoms with Crippen molar-refractivity contribution in [3.8, 4) is 11.1 Å². The maximum Gasteiger partial charge on any atom is 0.410 e. The van der Waals surface area contributed by atoms with Crippen LogP contribution >= 0.6 is 0 Å². The molecule has 0 bridgehead atoms. The van der Waals surface area contributed by atoms with Crippen LogP contribution in [0.3, 0.4) is 0 Å². The molecule has 4 rings (SSSR count). The number of anilines is 1. The van der Waals surface area contributed by atoms with Crippen molar-refractivity contribution < 1.29 is 9.53 Å². The molecule has 2 saturated heterocycles. The number of nitrogens with zero attached hydrogens (tertiary/aromatic N) is 3. The quantitative estimate of drug-likeness (QED) is 0.805. The lowest BCUT2D eigenvalue weighted by atomic mass is 10.0. The van der Waals surface area contributed by atoms with Crippen LogP contribution < -0.4 is 4.90 Å². The Morgan fingerprint density at radius 3 is 2.30 bits per heavy atom. The van der Waals surface area contributed by atoms with Crippen LogP contribution in [0, 0.1) is 11.8 Å². The minimum absolute atomic E-state index is 0.184. The Morgan fingerprint density at radius 1 is 1.00 bits per heavy atom. The Balaban J connectivity index is 1.42. The molecule has 5 nitrogen and oxygen atoms in total. The van der Waals surface area contributed by atoms with Gasteiger partial charge in [-0.15, -0.1) is 0 Å². The number of likely N-dealkylation sites (tertiary alicyclic amines) is 1. The van der Waals surface area contributed by atoms with E-state index in [2.05, 4.69) is 28.1 Å². The van der Waals surface area contributed by atoms with Gasteiger partial charge in [-0.3, -0.25) is 4.98 Å². The number of benzene rings is 1. The summed E-state index contributed by atoms with van der Waals surface area (Å²) in [6.07, 6.45) is 3.68. The summed E-state index contributed by atoms with van der Waals surface area (Å²) in [5.74, 6) is 0.996. The Labute approximate surface area is 161 Å². The third-order valence-corrected chi connectivity index (χ3v) is 5.33. The smallest absolute Gasteiger partial charge is 0.410 e. The second kappa shape index (κ2) is 6.87. The number of hydrogen-bond acceptors (Lipinski definition) is 4. The summed E-state index contributed by atoms with van der Waals surface area (Å²) in [7, 11) is 0. The maximum atomic E-state index is 12.3. The topological polar surface area (TPSA) is 45.7 Å².